The fraction of sp³-hybridized carbons (Fsp3) is 0.643. The predicted molar refractivity (Wildman–Crippen MR) is 86.6 cm³/mol. The van der Waals surface area contributed by atoms with Gasteiger partial charge >= 0.3 is 0 Å². The third-order valence-electron chi connectivity index (χ3n) is 3.64. The smallest absolute Gasteiger partial charge is 0.153 e. The van der Waals surface area contributed by atoms with Crippen LogP contribution in [0.15, 0.2) is 12.1 Å². The summed E-state index contributed by atoms with van der Waals surface area (Å²) in [4.78, 5) is 6.66. The molecule has 1 aromatic heterocycles. The van der Waals surface area contributed by atoms with Gasteiger partial charge in [0.15, 0.2) is 9.84 Å². The van der Waals surface area contributed by atoms with Crippen LogP contribution in [0, 0.1) is 0 Å². The Balaban J connectivity index is 2.08. The van der Waals surface area contributed by atoms with E-state index in [1.165, 1.54) is 0 Å². The second kappa shape index (κ2) is 6.94. The molecule has 1 unspecified atom stereocenters. The maximum atomic E-state index is 11.6. The lowest BCUT2D eigenvalue weighted by Crippen LogP contribution is -2.46. The van der Waals surface area contributed by atoms with E-state index < -0.39 is 9.84 Å². The van der Waals surface area contributed by atoms with Gasteiger partial charge in [-0.15, -0.1) is 0 Å². The molecule has 1 aliphatic rings. The van der Waals surface area contributed by atoms with Gasteiger partial charge in [-0.05, 0) is 25.5 Å². The van der Waals surface area contributed by atoms with E-state index in [1.807, 2.05) is 19.1 Å². The maximum Gasteiger partial charge on any atom is 0.153 e. The third kappa shape index (κ3) is 4.56. The summed E-state index contributed by atoms with van der Waals surface area (Å²) in [5.74, 6) is 1.23. The van der Waals surface area contributed by atoms with Gasteiger partial charge in [-0.25, -0.2) is 13.4 Å². The zero-order valence-electron chi connectivity index (χ0n) is 12.5. The normalized spacial score (nSPS) is 22.1. The summed E-state index contributed by atoms with van der Waals surface area (Å²) >= 11 is 6.22. The van der Waals surface area contributed by atoms with E-state index >= 15 is 0 Å². The topological polar surface area (TPSA) is 62.3 Å². The summed E-state index contributed by atoms with van der Waals surface area (Å²) in [7, 11) is -2.89. The van der Waals surface area contributed by atoms with Gasteiger partial charge < -0.3 is 5.32 Å². The van der Waals surface area contributed by atoms with Gasteiger partial charge in [0, 0.05) is 25.7 Å². The zero-order chi connectivity index (χ0) is 15.5. The molecule has 5 nitrogen and oxygen atoms in total. The number of rotatable bonds is 5. The van der Waals surface area contributed by atoms with E-state index in [9.17, 15) is 8.42 Å². The first-order valence-electron chi connectivity index (χ1n) is 7.25. The van der Waals surface area contributed by atoms with Crippen molar-refractivity contribution in [1.29, 1.82) is 0 Å². The monoisotopic (exact) mass is 331 g/mol. The number of halogens is 1. The van der Waals surface area contributed by atoms with Gasteiger partial charge in [0.25, 0.3) is 0 Å². The molecule has 2 heterocycles. The van der Waals surface area contributed by atoms with Crippen molar-refractivity contribution in [2.45, 2.75) is 32.9 Å². The Morgan fingerprint density at radius 3 is 2.90 bits per heavy atom. The standard InChI is InChI=1S/C14H22ClN3O2S/c1-3-6-16-14-5-4-12(15)13(17-14)9-18-7-8-21(19,20)10-11(18)2/h4-5,11H,3,6-10H2,1-2H3,(H,16,17). The lowest BCUT2D eigenvalue weighted by atomic mass is 10.2. The van der Waals surface area contributed by atoms with Crippen molar-refractivity contribution < 1.29 is 8.42 Å². The molecule has 2 rings (SSSR count). The Morgan fingerprint density at radius 1 is 1.48 bits per heavy atom. The number of nitrogens with zero attached hydrogens (tertiary/aromatic N) is 2. The van der Waals surface area contributed by atoms with Crippen molar-refractivity contribution in [3.05, 3.63) is 22.8 Å². The van der Waals surface area contributed by atoms with Gasteiger partial charge in [-0.2, -0.15) is 0 Å². The average Bonchev–Trinajstić information content (AvgIpc) is 2.42. The number of sulfone groups is 1. The van der Waals surface area contributed by atoms with E-state index in [4.69, 9.17) is 11.6 Å². The molecule has 1 saturated heterocycles. The molecular weight excluding hydrogens is 310 g/mol. The predicted octanol–water partition coefficient (Wildman–Crippen LogP) is 2.18. The average molecular weight is 332 g/mol. The Morgan fingerprint density at radius 2 is 2.24 bits per heavy atom. The van der Waals surface area contributed by atoms with Gasteiger partial charge in [-0.1, -0.05) is 18.5 Å². The molecule has 21 heavy (non-hydrogen) atoms. The quantitative estimate of drug-likeness (QED) is 0.896. The molecule has 0 bridgehead atoms. The summed E-state index contributed by atoms with van der Waals surface area (Å²) in [6.45, 7) is 6.02. The molecule has 1 fully saturated rings. The van der Waals surface area contributed by atoms with Gasteiger partial charge in [0.1, 0.15) is 5.82 Å². The molecule has 0 amide bonds. The van der Waals surface area contributed by atoms with Crippen molar-refractivity contribution in [3.8, 4) is 0 Å². The van der Waals surface area contributed by atoms with Gasteiger partial charge in [0.2, 0.25) is 0 Å². The highest BCUT2D eigenvalue weighted by Crippen LogP contribution is 2.21. The Bertz CT molecular complexity index is 592. The number of hydrogen-bond acceptors (Lipinski definition) is 5. The van der Waals surface area contributed by atoms with Crippen LogP contribution < -0.4 is 5.32 Å². The van der Waals surface area contributed by atoms with Crippen LogP contribution in [-0.2, 0) is 16.4 Å². The third-order valence-corrected chi connectivity index (χ3v) is 5.77. The van der Waals surface area contributed by atoms with Crippen LogP contribution in [0.5, 0.6) is 0 Å². The number of aromatic nitrogens is 1. The van der Waals surface area contributed by atoms with Crippen LogP contribution in [0.25, 0.3) is 0 Å². The van der Waals surface area contributed by atoms with Crippen LogP contribution in [0.4, 0.5) is 5.82 Å². The molecule has 1 aromatic rings. The summed E-state index contributed by atoms with van der Waals surface area (Å²) in [5, 5.41) is 3.86. The lowest BCUT2D eigenvalue weighted by Gasteiger charge is -2.32. The van der Waals surface area contributed by atoms with Crippen LogP contribution in [0.1, 0.15) is 26.0 Å². The Hall–Kier alpha value is -0.850. The number of hydrogen-bond donors (Lipinski definition) is 1. The second-order valence-corrected chi connectivity index (χ2v) is 8.12. The molecule has 1 atom stereocenters. The number of pyridine rings is 1. The zero-order valence-corrected chi connectivity index (χ0v) is 14.0. The van der Waals surface area contributed by atoms with Crippen LogP contribution >= 0.6 is 11.6 Å². The second-order valence-electron chi connectivity index (χ2n) is 5.49. The molecule has 118 valence electrons. The van der Waals surface area contributed by atoms with Crippen LogP contribution in [-0.4, -0.2) is 48.9 Å². The molecule has 0 aliphatic carbocycles. The summed E-state index contributed by atoms with van der Waals surface area (Å²) < 4.78 is 23.2. The minimum Gasteiger partial charge on any atom is -0.370 e. The van der Waals surface area contributed by atoms with E-state index in [0.29, 0.717) is 18.1 Å². The summed E-state index contributed by atoms with van der Waals surface area (Å²) in [6, 6.07) is 3.70. The Kier molecular flexibility index (Phi) is 5.46. The highest BCUT2D eigenvalue weighted by Gasteiger charge is 2.28. The first kappa shape index (κ1) is 16.5. The summed E-state index contributed by atoms with van der Waals surface area (Å²) in [5.41, 5.74) is 0.795. The van der Waals surface area contributed by atoms with E-state index in [1.54, 1.807) is 0 Å². The molecule has 1 N–H and O–H groups in total. The number of nitrogens with one attached hydrogen (secondary N) is 1. The fourth-order valence-electron chi connectivity index (χ4n) is 2.41. The van der Waals surface area contributed by atoms with Crippen molar-refractivity contribution in [3.63, 3.8) is 0 Å². The minimum absolute atomic E-state index is 0.00567. The number of anilines is 1. The first-order chi connectivity index (χ1) is 9.91. The molecule has 1 aliphatic heterocycles. The SMILES string of the molecule is CCCNc1ccc(Cl)c(CN2CCS(=O)(=O)CC2C)n1. The van der Waals surface area contributed by atoms with Crippen LogP contribution in [0.3, 0.4) is 0 Å². The van der Waals surface area contributed by atoms with Crippen molar-refractivity contribution in [1.82, 2.24) is 9.88 Å². The van der Waals surface area contributed by atoms with Crippen molar-refractivity contribution in [2.24, 2.45) is 0 Å². The largest absolute Gasteiger partial charge is 0.370 e. The molecule has 0 saturated carbocycles. The molecule has 0 aromatic carbocycles. The molecular formula is C14H22ClN3O2S. The molecule has 0 radical (unpaired) electrons. The van der Waals surface area contributed by atoms with Gasteiger partial charge in [-0.3, -0.25) is 4.90 Å². The maximum absolute atomic E-state index is 11.6. The van der Waals surface area contributed by atoms with E-state index in [-0.39, 0.29) is 17.5 Å². The molecule has 0 spiro atoms. The Labute approximate surface area is 131 Å². The van der Waals surface area contributed by atoms with E-state index in [0.717, 1.165) is 24.5 Å². The van der Waals surface area contributed by atoms with E-state index in [2.05, 4.69) is 22.1 Å². The highest BCUT2D eigenvalue weighted by molar-refractivity contribution is 7.91. The first-order valence-corrected chi connectivity index (χ1v) is 9.45. The summed E-state index contributed by atoms with van der Waals surface area (Å²) in [6.07, 6.45) is 1.03. The van der Waals surface area contributed by atoms with Crippen LogP contribution in [0.2, 0.25) is 5.02 Å². The lowest BCUT2D eigenvalue weighted by molar-refractivity contribution is 0.216. The molecule has 7 heteroatoms. The highest BCUT2D eigenvalue weighted by atomic mass is 35.5. The minimum atomic E-state index is -2.89. The fourth-order valence-corrected chi connectivity index (χ4v) is 4.20. The van der Waals surface area contributed by atoms with Crippen molar-refractivity contribution in [2.75, 3.05) is 29.9 Å². The van der Waals surface area contributed by atoms with Gasteiger partial charge in [0.05, 0.1) is 22.2 Å². The van der Waals surface area contributed by atoms with Crippen molar-refractivity contribution >= 4 is 27.3 Å².